The van der Waals surface area contributed by atoms with Crippen molar-refractivity contribution in [2.45, 2.75) is 45.4 Å². The van der Waals surface area contributed by atoms with Gasteiger partial charge in [0.05, 0.1) is 11.8 Å². The summed E-state index contributed by atoms with van der Waals surface area (Å²) in [6.07, 6.45) is 3.07. The van der Waals surface area contributed by atoms with Crippen molar-refractivity contribution in [2.24, 2.45) is 11.8 Å². The Morgan fingerprint density at radius 2 is 1.67 bits per heavy atom. The Morgan fingerprint density at radius 1 is 1.10 bits per heavy atom. The number of amides is 1. The lowest BCUT2D eigenvalue weighted by atomic mass is 9.78. The Kier molecular flexibility index (Phi) is 4.99. The zero-order chi connectivity index (χ0) is 15.4. The molecular formula is C17H23NO3. The monoisotopic (exact) mass is 289 g/mol. The van der Waals surface area contributed by atoms with E-state index in [-0.39, 0.29) is 5.91 Å². The van der Waals surface area contributed by atoms with Gasteiger partial charge in [-0.05, 0) is 36.5 Å². The van der Waals surface area contributed by atoms with Crippen molar-refractivity contribution in [3.05, 3.63) is 29.8 Å². The van der Waals surface area contributed by atoms with Crippen LogP contribution in [0, 0.1) is 11.8 Å². The number of aliphatic carboxylic acids is 1. The van der Waals surface area contributed by atoms with E-state index < -0.39 is 17.8 Å². The Morgan fingerprint density at radius 3 is 2.19 bits per heavy atom. The number of benzene rings is 1. The first-order valence-electron chi connectivity index (χ1n) is 7.62. The number of carbonyl (C=O) groups excluding carboxylic acids is 1. The highest BCUT2D eigenvalue weighted by molar-refractivity contribution is 5.95. The number of nitrogens with one attached hydrogen (secondary N) is 1. The van der Waals surface area contributed by atoms with Crippen molar-refractivity contribution >= 4 is 17.6 Å². The summed E-state index contributed by atoms with van der Waals surface area (Å²) in [5.74, 6) is -1.54. The fourth-order valence-electron chi connectivity index (χ4n) is 2.93. The van der Waals surface area contributed by atoms with Crippen molar-refractivity contribution in [2.75, 3.05) is 5.32 Å². The summed E-state index contributed by atoms with van der Waals surface area (Å²) in [6.45, 7) is 4.24. The smallest absolute Gasteiger partial charge is 0.307 e. The van der Waals surface area contributed by atoms with Crippen LogP contribution >= 0.6 is 0 Å². The van der Waals surface area contributed by atoms with Crippen LogP contribution in [-0.2, 0) is 9.59 Å². The van der Waals surface area contributed by atoms with Gasteiger partial charge in [-0.3, -0.25) is 9.59 Å². The van der Waals surface area contributed by atoms with E-state index in [1.807, 2.05) is 24.3 Å². The lowest BCUT2D eigenvalue weighted by Crippen LogP contribution is -2.36. The van der Waals surface area contributed by atoms with Crippen LogP contribution in [0.2, 0.25) is 0 Å². The standard InChI is InChI=1S/C17H23NO3/c1-11(2)12-7-9-13(10-8-12)18-16(19)14-5-3-4-6-15(14)17(20)21/h7-11,14-15H,3-6H2,1-2H3,(H,18,19)(H,20,21)/t14-,15-/m1/s1. The Labute approximate surface area is 125 Å². The molecule has 0 spiro atoms. The lowest BCUT2D eigenvalue weighted by Gasteiger charge is -2.27. The summed E-state index contributed by atoms with van der Waals surface area (Å²) < 4.78 is 0. The second-order valence-corrected chi connectivity index (χ2v) is 6.10. The molecule has 1 aliphatic carbocycles. The average Bonchev–Trinajstić information content (AvgIpc) is 2.47. The SMILES string of the molecule is CC(C)c1ccc(NC(=O)[C@@H]2CCCC[C@H]2C(=O)O)cc1. The van der Waals surface area contributed by atoms with E-state index >= 15 is 0 Å². The molecule has 21 heavy (non-hydrogen) atoms. The molecule has 0 saturated heterocycles. The summed E-state index contributed by atoms with van der Waals surface area (Å²) in [5, 5.41) is 12.1. The third kappa shape index (κ3) is 3.84. The second kappa shape index (κ2) is 6.74. The van der Waals surface area contributed by atoms with Gasteiger partial charge < -0.3 is 10.4 Å². The van der Waals surface area contributed by atoms with E-state index in [1.165, 1.54) is 5.56 Å². The number of rotatable bonds is 4. The molecule has 0 aromatic heterocycles. The van der Waals surface area contributed by atoms with Gasteiger partial charge in [0.15, 0.2) is 0 Å². The topological polar surface area (TPSA) is 66.4 Å². The molecule has 4 nitrogen and oxygen atoms in total. The van der Waals surface area contributed by atoms with Crippen LogP contribution in [0.5, 0.6) is 0 Å². The zero-order valence-corrected chi connectivity index (χ0v) is 12.6. The van der Waals surface area contributed by atoms with Gasteiger partial charge in [-0.2, -0.15) is 0 Å². The van der Waals surface area contributed by atoms with Crippen LogP contribution in [-0.4, -0.2) is 17.0 Å². The van der Waals surface area contributed by atoms with Crippen molar-refractivity contribution in [1.29, 1.82) is 0 Å². The fourth-order valence-corrected chi connectivity index (χ4v) is 2.93. The van der Waals surface area contributed by atoms with Gasteiger partial charge in [-0.1, -0.05) is 38.8 Å². The Balaban J connectivity index is 2.04. The molecule has 1 aliphatic rings. The first kappa shape index (κ1) is 15.5. The van der Waals surface area contributed by atoms with Gasteiger partial charge >= 0.3 is 5.97 Å². The molecule has 1 aromatic rings. The number of anilines is 1. The predicted octanol–water partition coefficient (Wildman–Crippen LogP) is 3.64. The normalized spacial score (nSPS) is 22.0. The summed E-state index contributed by atoms with van der Waals surface area (Å²) in [6, 6.07) is 7.75. The summed E-state index contributed by atoms with van der Waals surface area (Å²) in [5.41, 5.74) is 1.95. The fraction of sp³-hybridized carbons (Fsp3) is 0.529. The maximum absolute atomic E-state index is 12.3. The zero-order valence-electron chi connectivity index (χ0n) is 12.6. The number of hydrogen-bond acceptors (Lipinski definition) is 2. The highest BCUT2D eigenvalue weighted by atomic mass is 16.4. The van der Waals surface area contributed by atoms with Crippen molar-refractivity contribution in [3.63, 3.8) is 0 Å². The van der Waals surface area contributed by atoms with Gasteiger partial charge in [0.2, 0.25) is 5.91 Å². The second-order valence-electron chi connectivity index (χ2n) is 6.10. The molecule has 2 N–H and O–H groups in total. The molecule has 0 bridgehead atoms. The molecular weight excluding hydrogens is 266 g/mol. The molecule has 2 rings (SSSR count). The van der Waals surface area contributed by atoms with Gasteiger partial charge in [0.25, 0.3) is 0 Å². The Hall–Kier alpha value is -1.84. The number of carbonyl (C=O) groups is 2. The molecule has 0 aliphatic heterocycles. The van der Waals surface area contributed by atoms with Crippen LogP contribution < -0.4 is 5.32 Å². The third-order valence-corrected chi connectivity index (χ3v) is 4.26. The van der Waals surface area contributed by atoms with Crippen LogP contribution in [0.15, 0.2) is 24.3 Å². The first-order chi connectivity index (χ1) is 9.99. The minimum Gasteiger partial charge on any atom is -0.481 e. The van der Waals surface area contributed by atoms with Gasteiger partial charge in [-0.25, -0.2) is 0 Å². The molecule has 2 atom stereocenters. The maximum atomic E-state index is 12.3. The van der Waals surface area contributed by atoms with Crippen molar-refractivity contribution in [3.8, 4) is 0 Å². The van der Waals surface area contributed by atoms with Crippen LogP contribution in [0.1, 0.15) is 51.0 Å². The molecule has 0 unspecified atom stereocenters. The summed E-state index contributed by atoms with van der Waals surface area (Å²) >= 11 is 0. The highest BCUT2D eigenvalue weighted by Gasteiger charge is 2.35. The van der Waals surface area contributed by atoms with Crippen LogP contribution in [0.4, 0.5) is 5.69 Å². The predicted molar refractivity (Wildman–Crippen MR) is 82.2 cm³/mol. The number of hydrogen-bond donors (Lipinski definition) is 2. The van der Waals surface area contributed by atoms with E-state index in [1.54, 1.807) is 0 Å². The summed E-state index contributed by atoms with van der Waals surface area (Å²) in [4.78, 5) is 23.6. The molecule has 1 saturated carbocycles. The molecule has 0 heterocycles. The van der Waals surface area contributed by atoms with E-state index in [4.69, 9.17) is 0 Å². The van der Waals surface area contributed by atoms with Crippen molar-refractivity contribution in [1.82, 2.24) is 0 Å². The minimum atomic E-state index is -0.856. The van der Waals surface area contributed by atoms with E-state index in [0.717, 1.165) is 18.5 Å². The summed E-state index contributed by atoms with van der Waals surface area (Å²) in [7, 11) is 0. The molecule has 114 valence electrons. The molecule has 1 aromatic carbocycles. The van der Waals surface area contributed by atoms with Gasteiger partial charge in [0, 0.05) is 5.69 Å². The van der Waals surface area contributed by atoms with Crippen LogP contribution in [0.25, 0.3) is 0 Å². The average molecular weight is 289 g/mol. The minimum absolute atomic E-state index is 0.167. The van der Waals surface area contributed by atoms with Crippen LogP contribution in [0.3, 0.4) is 0 Å². The third-order valence-electron chi connectivity index (χ3n) is 4.26. The van der Waals surface area contributed by atoms with Crippen molar-refractivity contribution < 1.29 is 14.7 Å². The molecule has 1 amide bonds. The van der Waals surface area contributed by atoms with E-state index in [0.29, 0.717) is 18.8 Å². The Bertz CT molecular complexity index is 507. The highest BCUT2D eigenvalue weighted by Crippen LogP contribution is 2.31. The van der Waals surface area contributed by atoms with Gasteiger partial charge in [0.1, 0.15) is 0 Å². The number of carboxylic acid groups (broad SMARTS) is 1. The first-order valence-corrected chi connectivity index (χ1v) is 7.62. The lowest BCUT2D eigenvalue weighted by molar-refractivity contribution is -0.147. The largest absolute Gasteiger partial charge is 0.481 e. The molecule has 0 radical (unpaired) electrons. The van der Waals surface area contributed by atoms with Gasteiger partial charge in [-0.15, -0.1) is 0 Å². The molecule has 4 heteroatoms. The quantitative estimate of drug-likeness (QED) is 0.889. The van der Waals surface area contributed by atoms with E-state index in [2.05, 4.69) is 19.2 Å². The van der Waals surface area contributed by atoms with E-state index in [9.17, 15) is 14.7 Å². The number of carboxylic acids is 1. The maximum Gasteiger partial charge on any atom is 0.307 e. The molecule has 1 fully saturated rings.